The first-order valence-electron chi connectivity index (χ1n) is 13.2. The van der Waals surface area contributed by atoms with Gasteiger partial charge in [0.05, 0.1) is 0 Å². The van der Waals surface area contributed by atoms with Gasteiger partial charge in [0.15, 0.2) is 0 Å². The summed E-state index contributed by atoms with van der Waals surface area (Å²) in [7, 11) is 0. The van der Waals surface area contributed by atoms with Crippen molar-refractivity contribution in [3.63, 3.8) is 0 Å². The Morgan fingerprint density at radius 2 is 1.53 bits per heavy atom. The summed E-state index contributed by atoms with van der Waals surface area (Å²) in [4.78, 5) is 11.3. The van der Waals surface area contributed by atoms with Gasteiger partial charge in [-0.1, -0.05) is 70.7 Å². The number of aryl methyl sites for hydroxylation is 2. The minimum atomic E-state index is -4.77. The molecule has 0 fully saturated rings. The third kappa shape index (κ3) is 8.52. The summed E-state index contributed by atoms with van der Waals surface area (Å²) in [6.07, 6.45) is -5.48. The lowest BCUT2D eigenvalue weighted by atomic mass is 9.70. The van der Waals surface area contributed by atoms with E-state index in [-0.39, 0.29) is 24.1 Å². The highest BCUT2D eigenvalue weighted by Crippen LogP contribution is 2.41. The predicted octanol–water partition coefficient (Wildman–Crippen LogP) is 7.43. The Labute approximate surface area is 225 Å². The summed E-state index contributed by atoms with van der Waals surface area (Å²) in [5, 5.41) is 9.19. The van der Waals surface area contributed by atoms with Crippen molar-refractivity contribution >= 4 is 5.97 Å². The summed E-state index contributed by atoms with van der Waals surface area (Å²) >= 11 is 0. The van der Waals surface area contributed by atoms with Gasteiger partial charge in [0.25, 0.3) is 0 Å². The first kappa shape index (κ1) is 33.0. The second-order valence-corrected chi connectivity index (χ2v) is 8.96. The second kappa shape index (κ2) is 14.8. The smallest absolute Gasteiger partial charge is 0.425 e. The van der Waals surface area contributed by atoms with Crippen molar-refractivity contribution in [3.8, 4) is 17.6 Å². The maximum Gasteiger partial charge on any atom is 0.425 e. The highest BCUT2D eigenvalue weighted by atomic mass is 19.4. The molecule has 0 aliphatic heterocycles. The van der Waals surface area contributed by atoms with Gasteiger partial charge in [-0.15, -0.1) is 0 Å². The van der Waals surface area contributed by atoms with Gasteiger partial charge >= 0.3 is 12.1 Å². The fraction of sp³-hybridized carbons (Fsp3) is 0.516. The van der Waals surface area contributed by atoms with Gasteiger partial charge in [-0.25, -0.2) is 0 Å². The number of halogens is 3. The van der Waals surface area contributed by atoms with Crippen LogP contribution in [0.3, 0.4) is 0 Å². The van der Waals surface area contributed by atoms with E-state index in [0.717, 1.165) is 40.8 Å². The molecule has 0 radical (unpaired) electrons. The molecule has 7 heteroatoms. The monoisotopic (exact) mass is 534 g/mol. The van der Waals surface area contributed by atoms with Crippen LogP contribution in [-0.4, -0.2) is 36.1 Å². The topological polar surface area (TPSA) is 55.8 Å². The molecule has 2 rings (SSSR count). The van der Waals surface area contributed by atoms with Crippen LogP contribution in [0, 0.1) is 25.7 Å². The molecule has 2 unspecified atom stereocenters. The normalized spacial score (nSPS) is 12.8. The Balaban J connectivity index is 0.00000352. The minimum absolute atomic E-state index is 0.272. The van der Waals surface area contributed by atoms with E-state index in [2.05, 4.69) is 25.8 Å². The molecule has 4 nitrogen and oxygen atoms in total. The van der Waals surface area contributed by atoms with Gasteiger partial charge in [-0.3, -0.25) is 4.79 Å². The van der Waals surface area contributed by atoms with Crippen LogP contribution in [0.25, 0.3) is 0 Å². The zero-order valence-electron chi connectivity index (χ0n) is 23.8. The number of hydrogen-bond donors (Lipinski definition) is 1. The molecule has 0 aromatic heterocycles. The molecule has 210 valence electrons. The first-order valence-corrected chi connectivity index (χ1v) is 13.2. The van der Waals surface area contributed by atoms with E-state index in [9.17, 15) is 23.1 Å². The molecule has 0 saturated heterocycles. The summed E-state index contributed by atoms with van der Waals surface area (Å²) in [5.41, 5.74) is 3.98. The number of carbonyl (C=O) groups excluding carboxylic acids is 1. The third-order valence-corrected chi connectivity index (χ3v) is 6.58. The fourth-order valence-electron chi connectivity index (χ4n) is 4.32. The van der Waals surface area contributed by atoms with Crippen molar-refractivity contribution in [3.05, 3.63) is 64.2 Å². The van der Waals surface area contributed by atoms with Gasteiger partial charge in [-0.05, 0) is 67.5 Å². The average Bonchev–Trinajstić information content (AvgIpc) is 2.88. The Morgan fingerprint density at radius 3 is 1.97 bits per heavy atom. The van der Waals surface area contributed by atoms with E-state index in [1.54, 1.807) is 13.0 Å². The van der Waals surface area contributed by atoms with Crippen molar-refractivity contribution in [1.29, 1.82) is 0 Å². The number of ether oxygens (including phenoxy) is 2. The van der Waals surface area contributed by atoms with E-state index in [1.165, 1.54) is 6.92 Å². The van der Waals surface area contributed by atoms with E-state index in [4.69, 9.17) is 9.47 Å². The van der Waals surface area contributed by atoms with Crippen LogP contribution in [0.2, 0.25) is 0 Å². The molecule has 2 aromatic rings. The molecule has 0 bridgehead atoms. The molecule has 1 N–H and O–H groups in total. The van der Waals surface area contributed by atoms with Crippen molar-refractivity contribution in [2.24, 2.45) is 0 Å². The number of benzene rings is 2. The highest BCUT2D eigenvalue weighted by molar-refractivity contribution is 5.66. The van der Waals surface area contributed by atoms with Crippen LogP contribution in [0.15, 0.2) is 36.4 Å². The molecule has 0 saturated carbocycles. The number of hydrogen-bond acceptors (Lipinski definition) is 4. The SMILES string of the molecule is CC.CCC(COc1ccc(C(CC)(CC)c2ccc(C#CC(O)C(F)(F)F)c(C)c2)cc1C)OC(C)=O. The van der Waals surface area contributed by atoms with Crippen molar-refractivity contribution in [1.82, 2.24) is 0 Å². The van der Waals surface area contributed by atoms with Crippen LogP contribution < -0.4 is 4.74 Å². The Bertz CT molecular complexity index is 1110. The van der Waals surface area contributed by atoms with Gasteiger partial charge in [-0.2, -0.15) is 13.2 Å². The molecular weight excluding hydrogens is 493 g/mol. The minimum Gasteiger partial charge on any atom is -0.489 e. The standard InChI is InChI=1S/C29H35F3O4.C2H6/c1-7-25(36-21(6)33)18-35-26-14-13-24(17-20(26)5)28(8-2,9-3)23-12-10-22(19(4)16-23)11-15-27(34)29(30,31)32;1-2/h10,12-14,16-17,25,27,34H,7-9,18H2,1-6H3;1-2H3. The summed E-state index contributed by atoms with van der Waals surface area (Å²) in [6.45, 7) is 15.6. The highest BCUT2D eigenvalue weighted by Gasteiger charge is 2.37. The fourth-order valence-corrected chi connectivity index (χ4v) is 4.32. The molecule has 38 heavy (non-hydrogen) atoms. The number of alkyl halides is 3. The molecule has 0 aliphatic carbocycles. The van der Waals surface area contributed by atoms with Gasteiger partial charge in [0.1, 0.15) is 18.5 Å². The molecule has 2 aromatic carbocycles. The van der Waals surface area contributed by atoms with Crippen molar-refractivity contribution in [2.45, 2.75) is 98.5 Å². The van der Waals surface area contributed by atoms with Gasteiger partial charge < -0.3 is 14.6 Å². The first-order chi connectivity index (χ1) is 17.9. The maximum absolute atomic E-state index is 12.6. The molecular formula is C31H41F3O4. The predicted molar refractivity (Wildman–Crippen MR) is 145 cm³/mol. The summed E-state index contributed by atoms with van der Waals surface area (Å²) in [6, 6.07) is 11.6. The zero-order chi connectivity index (χ0) is 29.1. The lowest BCUT2D eigenvalue weighted by molar-refractivity contribution is -0.184. The second-order valence-electron chi connectivity index (χ2n) is 8.96. The quantitative estimate of drug-likeness (QED) is 0.269. The number of rotatable bonds is 9. The average molecular weight is 535 g/mol. The maximum atomic E-state index is 12.6. The molecule has 2 atom stereocenters. The Morgan fingerprint density at radius 1 is 0.974 bits per heavy atom. The molecule has 0 spiro atoms. The van der Waals surface area contributed by atoms with Gasteiger partial charge in [0.2, 0.25) is 6.10 Å². The lowest BCUT2D eigenvalue weighted by Crippen LogP contribution is -2.27. The summed E-state index contributed by atoms with van der Waals surface area (Å²) in [5.74, 6) is 4.73. The van der Waals surface area contributed by atoms with E-state index < -0.39 is 12.3 Å². The molecule has 0 heterocycles. The number of carbonyl (C=O) groups is 1. The largest absolute Gasteiger partial charge is 0.489 e. The lowest BCUT2D eigenvalue weighted by Gasteiger charge is -2.34. The van der Waals surface area contributed by atoms with Crippen LogP contribution in [0.1, 0.15) is 88.6 Å². The number of esters is 1. The van der Waals surface area contributed by atoms with Crippen LogP contribution in [-0.2, 0) is 14.9 Å². The number of aliphatic hydroxyl groups is 1. The van der Waals surface area contributed by atoms with Crippen LogP contribution in [0.4, 0.5) is 13.2 Å². The van der Waals surface area contributed by atoms with E-state index in [0.29, 0.717) is 12.0 Å². The Hall–Kier alpha value is -2.98. The van der Waals surface area contributed by atoms with Crippen molar-refractivity contribution < 1.29 is 32.5 Å². The van der Waals surface area contributed by atoms with Crippen molar-refractivity contribution in [2.75, 3.05) is 6.61 Å². The number of aliphatic hydroxyl groups excluding tert-OH is 1. The van der Waals surface area contributed by atoms with Crippen LogP contribution >= 0.6 is 0 Å². The van der Waals surface area contributed by atoms with Crippen LogP contribution in [0.5, 0.6) is 5.75 Å². The molecule has 0 aliphatic rings. The third-order valence-electron chi connectivity index (χ3n) is 6.58. The summed E-state index contributed by atoms with van der Waals surface area (Å²) < 4.78 is 49.0. The van der Waals surface area contributed by atoms with Gasteiger partial charge in [0, 0.05) is 17.9 Å². The van der Waals surface area contributed by atoms with E-state index >= 15 is 0 Å². The zero-order valence-corrected chi connectivity index (χ0v) is 23.8. The molecule has 0 amide bonds. The van der Waals surface area contributed by atoms with E-state index in [1.807, 2.05) is 57.9 Å². The Kier molecular flexibility index (Phi) is 12.9.